The van der Waals surface area contributed by atoms with Crippen molar-refractivity contribution in [3.05, 3.63) is 90.0 Å². The first kappa shape index (κ1) is 22.6. The Hall–Kier alpha value is -4.17. The van der Waals surface area contributed by atoms with Crippen molar-refractivity contribution in [2.75, 3.05) is 23.7 Å². The molecule has 3 aromatic carbocycles. The average molecular weight is 472 g/mol. The fourth-order valence-electron chi connectivity index (χ4n) is 4.57. The van der Waals surface area contributed by atoms with E-state index in [1.807, 2.05) is 54.6 Å². The summed E-state index contributed by atoms with van der Waals surface area (Å²) in [6.07, 6.45) is -0.973. The van der Waals surface area contributed by atoms with Crippen LogP contribution in [0.1, 0.15) is 28.9 Å². The number of hydrogen-bond donors (Lipinski definition) is 0. The normalized spacial score (nSPS) is 21.3. The fourth-order valence-corrected chi connectivity index (χ4v) is 4.57. The number of imide groups is 1. The van der Waals surface area contributed by atoms with Crippen LogP contribution in [0.25, 0.3) is 0 Å². The van der Waals surface area contributed by atoms with E-state index in [-0.39, 0.29) is 12.5 Å². The van der Waals surface area contributed by atoms with Crippen LogP contribution in [0.4, 0.5) is 11.4 Å². The second-order valence-corrected chi connectivity index (χ2v) is 8.21. The first-order valence-electron chi connectivity index (χ1n) is 11.3. The summed E-state index contributed by atoms with van der Waals surface area (Å²) in [6, 6.07) is 22.5. The molecule has 8 nitrogen and oxygen atoms in total. The molecule has 2 aliphatic heterocycles. The summed E-state index contributed by atoms with van der Waals surface area (Å²) in [6.45, 7) is 1.99. The highest BCUT2D eigenvalue weighted by atomic mass is 16.7. The number of carbonyl (C=O) groups is 3. The second kappa shape index (κ2) is 9.23. The highest BCUT2D eigenvalue weighted by molar-refractivity contribution is 6.24. The van der Waals surface area contributed by atoms with Crippen LogP contribution in [0.5, 0.6) is 5.75 Å². The number of para-hydroxylation sites is 1. The third kappa shape index (κ3) is 3.91. The summed E-state index contributed by atoms with van der Waals surface area (Å²) < 4.78 is 10.3. The van der Waals surface area contributed by atoms with E-state index in [9.17, 15) is 14.4 Å². The molecule has 0 bridgehead atoms. The molecule has 178 valence electrons. The van der Waals surface area contributed by atoms with E-state index in [1.54, 1.807) is 43.4 Å². The van der Waals surface area contributed by atoms with Crippen molar-refractivity contribution in [2.24, 2.45) is 5.92 Å². The Morgan fingerprint density at radius 3 is 2.20 bits per heavy atom. The molecule has 0 radical (unpaired) electrons. The number of hydroxylamine groups is 1. The lowest BCUT2D eigenvalue weighted by atomic mass is 9.90. The van der Waals surface area contributed by atoms with E-state index in [2.05, 4.69) is 0 Å². The van der Waals surface area contributed by atoms with Gasteiger partial charge >= 0.3 is 5.97 Å². The number of amides is 2. The van der Waals surface area contributed by atoms with E-state index in [4.69, 9.17) is 14.3 Å². The van der Waals surface area contributed by atoms with Gasteiger partial charge in [-0.05, 0) is 61.0 Å². The van der Waals surface area contributed by atoms with E-state index in [0.717, 1.165) is 16.2 Å². The Morgan fingerprint density at radius 2 is 1.57 bits per heavy atom. The number of hydrogen-bond acceptors (Lipinski definition) is 7. The van der Waals surface area contributed by atoms with Gasteiger partial charge in [-0.1, -0.05) is 30.3 Å². The summed E-state index contributed by atoms with van der Waals surface area (Å²) in [4.78, 5) is 46.4. The Kier molecular flexibility index (Phi) is 5.96. The van der Waals surface area contributed by atoms with Gasteiger partial charge in [0, 0.05) is 0 Å². The minimum Gasteiger partial charge on any atom is -0.497 e. The standard InChI is InChI=1S/C27H24N2O6/c1-3-34-27(32)18-9-13-19(14-10-18)28-25(30)22-23(17-11-15-21(33-2)16-12-17)29(35-24(22)26(28)31)20-7-5-4-6-8-20/h4-16,22-24H,3H2,1-2H3/t22-,23+,24-/m0/s1. The smallest absolute Gasteiger partial charge is 0.338 e. The number of benzene rings is 3. The van der Waals surface area contributed by atoms with Crippen LogP contribution in [-0.2, 0) is 19.2 Å². The summed E-state index contributed by atoms with van der Waals surface area (Å²) >= 11 is 0. The van der Waals surface area contributed by atoms with Crippen LogP contribution in [0.2, 0.25) is 0 Å². The zero-order valence-electron chi connectivity index (χ0n) is 19.3. The van der Waals surface area contributed by atoms with Crippen molar-refractivity contribution in [3.8, 4) is 5.75 Å². The molecular formula is C27H24N2O6. The Balaban J connectivity index is 1.50. The van der Waals surface area contributed by atoms with Gasteiger partial charge < -0.3 is 9.47 Å². The first-order valence-corrected chi connectivity index (χ1v) is 11.3. The molecule has 0 saturated carbocycles. The number of fused-ring (bicyclic) bond motifs is 1. The summed E-state index contributed by atoms with van der Waals surface area (Å²) in [5.41, 5.74) is 2.29. The van der Waals surface area contributed by atoms with E-state index < -0.39 is 29.9 Å². The zero-order valence-corrected chi connectivity index (χ0v) is 19.3. The van der Waals surface area contributed by atoms with Gasteiger partial charge in [0.05, 0.1) is 36.7 Å². The molecule has 2 saturated heterocycles. The molecule has 2 amide bonds. The molecule has 8 heteroatoms. The van der Waals surface area contributed by atoms with Gasteiger partial charge in [-0.15, -0.1) is 0 Å². The van der Waals surface area contributed by atoms with Crippen LogP contribution in [0, 0.1) is 5.92 Å². The minimum absolute atomic E-state index is 0.259. The van der Waals surface area contributed by atoms with E-state index in [1.165, 1.54) is 0 Å². The van der Waals surface area contributed by atoms with Crippen molar-refractivity contribution in [2.45, 2.75) is 19.1 Å². The monoisotopic (exact) mass is 472 g/mol. The molecule has 0 N–H and O–H groups in total. The molecular weight excluding hydrogens is 448 g/mol. The van der Waals surface area contributed by atoms with Crippen molar-refractivity contribution in [1.29, 1.82) is 0 Å². The van der Waals surface area contributed by atoms with Gasteiger partial charge in [-0.3, -0.25) is 14.4 Å². The predicted molar refractivity (Wildman–Crippen MR) is 128 cm³/mol. The van der Waals surface area contributed by atoms with E-state index >= 15 is 0 Å². The number of anilines is 2. The van der Waals surface area contributed by atoms with Crippen molar-refractivity contribution in [1.82, 2.24) is 0 Å². The summed E-state index contributed by atoms with van der Waals surface area (Å²) in [5.74, 6) is -1.33. The van der Waals surface area contributed by atoms with Crippen LogP contribution >= 0.6 is 0 Å². The third-order valence-electron chi connectivity index (χ3n) is 6.22. The van der Waals surface area contributed by atoms with Gasteiger partial charge in [0.1, 0.15) is 11.7 Å². The second-order valence-electron chi connectivity index (χ2n) is 8.21. The Labute approximate surface area is 202 Å². The Morgan fingerprint density at radius 1 is 0.886 bits per heavy atom. The van der Waals surface area contributed by atoms with Gasteiger partial charge in [0.15, 0.2) is 6.10 Å². The van der Waals surface area contributed by atoms with Gasteiger partial charge in [0.25, 0.3) is 5.91 Å². The zero-order chi connectivity index (χ0) is 24.5. The number of ether oxygens (including phenoxy) is 2. The maximum Gasteiger partial charge on any atom is 0.338 e. The molecule has 3 atom stereocenters. The quantitative estimate of drug-likeness (QED) is 0.397. The molecule has 3 aromatic rings. The number of rotatable bonds is 6. The lowest BCUT2D eigenvalue weighted by Crippen LogP contribution is -2.37. The van der Waals surface area contributed by atoms with Crippen molar-refractivity contribution >= 4 is 29.2 Å². The fraction of sp³-hybridized carbons (Fsp3) is 0.222. The molecule has 0 aromatic heterocycles. The molecule has 0 unspecified atom stereocenters. The lowest BCUT2D eigenvalue weighted by molar-refractivity contribution is -0.126. The van der Waals surface area contributed by atoms with Crippen LogP contribution in [0.3, 0.4) is 0 Å². The Bertz CT molecular complexity index is 1240. The van der Waals surface area contributed by atoms with Crippen molar-refractivity contribution < 1.29 is 28.7 Å². The highest BCUT2D eigenvalue weighted by Gasteiger charge is 2.60. The number of esters is 1. The molecule has 0 aliphatic carbocycles. The first-order chi connectivity index (χ1) is 17.0. The number of methoxy groups -OCH3 is 1. The minimum atomic E-state index is -0.973. The van der Waals surface area contributed by atoms with Crippen LogP contribution in [0.15, 0.2) is 78.9 Å². The average Bonchev–Trinajstić information content (AvgIpc) is 3.40. The highest BCUT2D eigenvalue weighted by Crippen LogP contribution is 2.47. The van der Waals surface area contributed by atoms with Crippen molar-refractivity contribution in [3.63, 3.8) is 0 Å². The molecule has 2 aliphatic rings. The predicted octanol–water partition coefficient (Wildman–Crippen LogP) is 3.92. The van der Waals surface area contributed by atoms with Gasteiger partial charge in [-0.2, -0.15) is 0 Å². The topological polar surface area (TPSA) is 85.4 Å². The van der Waals surface area contributed by atoms with Crippen LogP contribution in [-0.4, -0.2) is 37.6 Å². The third-order valence-corrected chi connectivity index (χ3v) is 6.22. The van der Waals surface area contributed by atoms with Gasteiger partial charge in [0.2, 0.25) is 5.91 Å². The lowest BCUT2D eigenvalue weighted by Gasteiger charge is -2.28. The number of nitrogens with zero attached hydrogens (tertiary/aromatic N) is 2. The number of carbonyl (C=O) groups excluding carboxylic acids is 3. The molecule has 2 fully saturated rings. The molecule has 35 heavy (non-hydrogen) atoms. The summed E-state index contributed by atoms with van der Waals surface area (Å²) in [5, 5.41) is 1.65. The SMILES string of the molecule is CCOC(=O)c1ccc(N2C(=O)[C@@H]3[C@H](ON(c4ccccc4)[C@@H]3c3ccc(OC)cc3)C2=O)cc1. The van der Waals surface area contributed by atoms with Gasteiger partial charge in [-0.25, -0.2) is 14.8 Å². The largest absolute Gasteiger partial charge is 0.497 e. The maximum atomic E-state index is 13.7. The summed E-state index contributed by atoms with van der Waals surface area (Å²) in [7, 11) is 1.59. The maximum absolute atomic E-state index is 13.7. The molecule has 5 rings (SSSR count). The van der Waals surface area contributed by atoms with E-state index in [0.29, 0.717) is 17.0 Å². The molecule has 2 heterocycles. The molecule has 0 spiro atoms. The van der Waals surface area contributed by atoms with Crippen LogP contribution < -0.4 is 14.7 Å².